The highest BCUT2D eigenvalue weighted by atomic mass is 35.5. The van der Waals surface area contributed by atoms with E-state index in [2.05, 4.69) is 17.4 Å². The third kappa shape index (κ3) is 7.95. The molecule has 0 aliphatic heterocycles. The Morgan fingerprint density at radius 2 is 1.48 bits per heavy atom. The van der Waals surface area contributed by atoms with E-state index in [0.29, 0.717) is 30.2 Å². The van der Waals surface area contributed by atoms with Crippen molar-refractivity contribution >= 4 is 35.2 Å². The lowest BCUT2D eigenvalue weighted by Gasteiger charge is -2.31. The Morgan fingerprint density at radius 3 is 2.09 bits per heavy atom. The van der Waals surface area contributed by atoms with Gasteiger partial charge in [-0.1, -0.05) is 84.4 Å². The number of benzene rings is 3. The third-order valence-electron chi connectivity index (χ3n) is 5.36. The second-order valence-electron chi connectivity index (χ2n) is 7.76. The number of carbonyl (C=O) groups is 2. The maximum atomic E-state index is 13.4. The zero-order chi connectivity index (χ0) is 23.5. The minimum absolute atomic E-state index is 0.0324. The van der Waals surface area contributed by atoms with Gasteiger partial charge in [-0.3, -0.25) is 9.59 Å². The Hall–Kier alpha value is -2.76. The van der Waals surface area contributed by atoms with Crippen molar-refractivity contribution in [2.75, 3.05) is 12.8 Å². The van der Waals surface area contributed by atoms with Gasteiger partial charge in [-0.15, -0.1) is 0 Å². The second kappa shape index (κ2) is 13.1. The maximum absolute atomic E-state index is 13.4. The molecule has 0 heterocycles. The topological polar surface area (TPSA) is 49.4 Å². The molecule has 2 amide bonds. The number of thioether (sulfide) groups is 1. The van der Waals surface area contributed by atoms with Gasteiger partial charge in [-0.05, 0) is 28.8 Å². The van der Waals surface area contributed by atoms with E-state index in [1.54, 1.807) is 35.8 Å². The van der Waals surface area contributed by atoms with Crippen molar-refractivity contribution in [1.82, 2.24) is 10.2 Å². The van der Waals surface area contributed by atoms with E-state index >= 15 is 0 Å². The summed E-state index contributed by atoms with van der Waals surface area (Å²) in [6.45, 7) is 0.351. The molecule has 3 rings (SSSR count). The summed E-state index contributed by atoms with van der Waals surface area (Å²) < 4.78 is 0. The number of rotatable bonds is 11. The van der Waals surface area contributed by atoms with Crippen molar-refractivity contribution in [2.24, 2.45) is 0 Å². The van der Waals surface area contributed by atoms with Gasteiger partial charge in [0, 0.05) is 43.0 Å². The molecular weight excluding hydrogens is 452 g/mol. The SMILES string of the molecule is CNC(=O)[C@H](Cc1ccccc1)N(Cc1ccc(Cl)cc1)C(=O)CCSCc1ccccc1. The molecule has 0 saturated heterocycles. The molecule has 0 fully saturated rings. The highest BCUT2D eigenvalue weighted by Crippen LogP contribution is 2.19. The van der Waals surface area contributed by atoms with Crippen LogP contribution in [0, 0.1) is 0 Å². The Kier molecular flexibility index (Phi) is 9.85. The lowest BCUT2D eigenvalue weighted by Crippen LogP contribution is -2.49. The lowest BCUT2D eigenvalue weighted by molar-refractivity contribution is -0.140. The molecule has 0 bridgehead atoms. The van der Waals surface area contributed by atoms with Crippen molar-refractivity contribution in [3.8, 4) is 0 Å². The molecule has 3 aromatic carbocycles. The number of hydrogen-bond acceptors (Lipinski definition) is 3. The van der Waals surface area contributed by atoms with Gasteiger partial charge < -0.3 is 10.2 Å². The summed E-state index contributed by atoms with van der Waals surface area (Å²) in [5, 5.41) is 3.39. The number of hydrogen-bond donors (Lipinski definition) is 1. The quantitative estimate of drug-likeness (QED) is 0.376. The van der Waals surface area contributed by atoms with Crippen LogP contribution in [-0.4, -0.2) is 35.6 Å². The van der Waals surface area contributed by atoms with Crippen LogP contribution in [0.1, 0.15) is 23.1 Å². The second-order valence-corrected chi connectivity index (χ2v) is 9.30. The molecule has 172 valence electrons. The van der Waals surface area contributed by atoms with E-state index in [1.807, 2.05) is 60.7 Å². The van der Waals surface area contributed by atoms with Gasteiger partial charge in [0.2, 0.25) is 11.8 Å². The van der Waals surface area contributed by atoms with Gasteiger partial charge in [0.05, 0.1) is 0 Å². The molecule has 4 nitrogen and oxygen atoms in total. The number of nitrogens with one attached hydrogen (secondary N) is 1. The number of likely N-dealkylation sites (N-methyl/N-ethyl adjacent to an activating group) is 1. The van der Waals surface area contributed by atoms with Gasteiger partial charge in [0.15, 0.2) is 0 Å². The number of halogens is 1. The Balaban J connectivity index is 1.74. The van der Waals surface area contributed by atoms with E-state index in [0.717, 1.165) is 16.9 Å². The van der Waals surface area contributed by atoms with Crippen molar-refractivity contribution < 1.29 is 9.59 Å². The average molecular weight is 481 g/mol. The van der Waals surface area contributed by atoms with Crippen molar-refractivity contribution in [1.29, 1.82) is 0 Å². The van der Waals surface area contributed by atoms with Gasteiger partial charge >= 0.3 is 0 Å². The van der Waals surface area contributed by atoms with Crippen molar-refractivity contribution in [2.45, 2.75) is 31.2 Å². The lowest BCUT2D eigenvalue weighted by atomic mass is 10.0. The summed E-state index contributed by atoms with van der Waals surface area (Å²) in [6, 6.07) is 26.8. The van der Waals surface area contributed by atoms with Crippen LogP contribution in [0.5, 0.6) is 0 Å². The van der Waals surface area contributed by atoms with E-state index in [1.165, 1.54) is 5.56 Å². The summed E-state index contributed by atoms with van der Waals surface area (Å²) >= 11 is 7.77. The molecule has 3 aromatic rings. The number of carbonyl (C=O) groups excluding carboxylic acids is 2. The fourth-order valence-corrected chi connectivity index (χ4v) is 4.59. The van der Waals surface area contributed by atoms with Crippen LogP contribution < -0.4 is 5.32 Å². The first-order chi connectivity index (χ1) is 16.1. The van der Waals surface area contributed by atoms with Gasteiger partial charge in [-0.2, -0.15) is 11.8 Å². The van der Waals surface area contributed by atoms with Gasteiger partial charge in [-0.25, -0.2) is 0 Å². The zero-order valence-electron chi connectivity index (χ0n) is 18.7. The summed E-state index contributed by atoms with van der Waals surface area (Å²) in [5.41, 5.74) is 3.19. The molecule has 0 aliphatic carbocycles. The van der Waals surface area contributed by atoms with Crippen LogP contribution in [0.3, 0.4) is 0 Å². The molecule has 6 heteroatoms. The Labute approximate surface area is 205 Å². The fraction of sp³-hybridized carbons (Fsp3) is 0.259. The molecule has 0 saturated carbocycles. The minimum atomic E-state index is -0.597. The summed E-state index contributed by atoms with van der Waals surface area (Å²) in [6.07, 6.45) is 0.824. The standard InChI is InChI=1S/C27H29ClN2O2S/c1-29-27(32)25(18-21-8-4-2-5-9-21)30(19-22-12-14-24(28)15-13-22)26(31)16-17-33-20-23-10-6-3-7-11-23/h2-15,25H,16-20H2,1H3,(H,29,32)/t25-/m0/s1. The molecule has 0 radical (unpaired) electrons. The fourth-order valence-electron chi connectivity index (χ4n) is 3.57. The molecule has 1 N–H and O–H groups in total. The molecule has 0 aromatic heterocycles. The molecule has 0 unspecified atom stereocenters. The summed E-state index contributed by atoms with van der Waals surface area (Å²) in [5.74, 6) is 1.35. The van der Waals surface area contributed by atoms with Gasteiger partial charge in [0.1, 0.15) is 6.04 Å². The van der Waals surface area contributed by atoms with Crippen LogP contribution in [0.25, 0.3) is 0 Å². The first-order valence-electron chi connectivity index (χ1n) is 11.0. The predicted octanol–water partition coefficient (Wildman–Crippen LogP) is 5.35. The van der Waals surface area contributed by atoms with Crippen LogP contribution in [-0.2, 0) is 28.3 Å². The minimum Gasteiger partial charge on any atom is -0.357 e. The summed E-state index contributed by atoms with van der Waals surface area (Å²) in [4.78, 5) is 28.0. The molecular formula is C27H29ClN2O2S. The maximum Gasteiger partial charge on any atom is 0.242 e. The zero-order valence-corrected chi connectivity index (χ0v) is 20.3. The van der Waals surface area contributed by atoms with Crippen LogP contribution in [0.2, 0.25) is 5.02 Å². The third-order valence-corrected chi connectivity index (χ3v) is 6.64. The normalized spacial score (nSPS) is 11.6. The highest BCUT2D eigenvalue weighted by molar-refractivity contribution is 7.98. The van der Waals surface area contributed by atoms with Crippen LogP contribution in [0.15, 0.2) is 84.9 Å². The number of amides is 2. The molecule has 0 spiro atoms. The largest absolute Gasteiger partial charge is 0.357 e. The Morgan fingerprint density at radius 1 is 0.879 bits per heavy atom. The van der Waals surface area contributed by atoms with E-state index in [4.69, 9.17) is 11.6 Å². The van der Waals surface area contributed by atoms with Gasteiger partial charge in [0.25, 0.3) is 0 Å². The van der Waals surface area contributed by atoms with E-state index in [-0.39, 0.29) is 11.8 Å². The van der Waals surface area contributed by atoms with E-state index in [9.17, 15) is 9.59 Å². The summed E-state index contributed by atoms with van der Waals surface area (Å²) in [7, 11) is 1.61. The number of nitrogens with zero attached hydrogens (tertiary/aromatic N) is 1. The monoisotopic (exact) mass is 480 g/mol. The van der Waals surface area contributed by atoms with Crippen molar-refractivity contribution in [3.05, 3.63) is 107 Å². The van der Waals surface area contributed by atoms with Crippen LogP contribution in [0.4, 0.5) is 0 Å². The molecule has 33 heavy (non-hydrogen) atoms. The average Bonchev–Trinajstić information content (AvgIpc) is 2.86. The highest BCUT2D eigenvalue weighted by Gasteiger charge is 2.29. The predicted molar refractivity (Wildman–Crippen MR) is 137 cm³/mol. The molecule has 1 atom stereocenters. The first kappa shape index (κ1) is 24.9. The first-order valence-corrected chi connectivity index (χ1v) is 12.5. The van der Waals surface area contributed by atoms with Crippen molar-refractivity contribution in [3.63, 3.8) is 0 Å². The smallest absolute Gasteiger partial charge is 0.242 e. The van der Waals surface area contributed by atoms with E-state index < -0.39 is 6.04 Å². The molecule has 0 aliphatic rings. The van der Waals surface area contributed by atoms with Crippen LogP contribution >= 0.6 is 23.4 Å². The Bertz CT molecular complexity index is 1010.